The van der Waals surface area contributed by atoms with Crippen LogP contribution in [-0.2, 0) is 11.2 Å². The van der Waals surface area contributed by atoms with E-state index in [0.717, 1.165) is 16.9 Å². The predicted molar refractivity (Wildman–Crippen MR) is 102 cm³/mol. The number of aryl methyl sites for hydroxylation is 1. The minimum absolute atomic E-state index is 0.0145. The molecule has 2 aromatic rings. The smallest absolute Gasteiger partial charge is 0.224 e. The number of carbonyl (C=O) groups is 1. The Labute approximate surface area is 149 Å². The predicted octanol–water partition coefficient (Wildman–Crippen LogP) is 4.10. The van der Waals surface area contributed by atoms with E-state index in [4.69, 9.17) is 9.47 Å². The Kier molecular flexibility index (Phi) is 6.69. The topological polar surface area (TPSA) is 59.6 Å². The number of amides is 1. The number of carbonyl (C=O) groups excluding carboxylic acids is 1. The van der Waals surface area contributed by atoms with Gasteiger partial charge in [0.05, 0.1) is 14.2 Å². The van der Waals surface area contributed by atoms with E-state index in [9.17, 15) is 4.79 Å². The van der Waals surface area contributed by atoms with E-state index in [1.165, 1.54) is 0 Å². The van der Waals surface area contributed by atoms with Gasteiger partial charge in [-0.2, -0.15) is 0 Å². The molecule has 0 atom stereocenters. The summed E-state index contributed by atoms with van der Waals surface area (Å²) in [5, 5.41) is 6.24. The Bertz CT molecular complexity index is 697. The number of ether oxygens (including phenoxy) is 2. The van der Waals surface area contributed by atoms with Gasteiger partial charge in [-0.1, -0.05) is 6.07 Å². The van der Waals surface area contributed by atoms with Crippen molar-refractivity contribution in [3.05, 3.63) is 48.0 Å². The van der Waals surface area contributed by atoms with E-state index in [1.807, 2.05) is 42.5 Å². The molecule has 5 nitrogen and oxygen atoms in total. The summed E-state index contributed by atoms with van der Waals surface area (Å²) in [7, 11) is 3.21. The molecular weight excluding hydrogens is 316 g/mol. The zero-order valence-electron chi connectivity index (χ0n) is 15.3. The first-order valence-electron chi connectivity index (χ1n) is 8.39. The number of hydrogen-bond acceptors (Lipinski definition) is 4. The van der Waals surface area contributed by atoms with E-state index in [0.29, 0.717) is 30.4 Å². The Balaban J connectivity index is 1.88. The van der Waals surface area contributed by atoms with Gasteiger partial charge in [-0.3, -0.25) is 4.79 Å². The summed E-state index contributed by atoms with van der Waals surface area (Å²) in [5.41, 5.74) is 2.87. The van der Waals surface area contributed by atoms with Gasteiger partial charge in [0.2, 0.25) is 5.91 Å². The quantitative estimate of drug-likeness (QED) is 0.758. The molecule has 0 radical (unpaired) electrons. The van der Waals surface area contributed by atoms with E-state index in [-0.39, 0.29) is 5.91 Å². The Morgan fingerprint density at radius 3 is 2.20 bits per heavy atom. The molecule has 2 rings (SSSR count). The maximum absolute atomic E-state index is 12.1. The molecule has 0 saturated heterocycles. The van der Waals surface area contributed by atoms with Gasteiger partial charge < -0.3 is 20.1 Å². The molecule has 0 bridgehead atoms. The van der Waals surface area contributed by atoms with Crippen molar-refractivity contribution < 1.29 is 14.3 Å². The first-order valence-corrected chi connectivity index (χ1v) is 8.39. The van der Waals surface area contributed by atoms with Gasteiger partial charge in [-0.05, 0) is 62.2 Å². The Morgan fingerprint density at radius 2 is 1.60 bits per heavy atom. The Morgan fingerprint density at radius 1 is 0.960 bits per heavy atom. The van der Waals surface area contributed by atoms with E-state index < -0.39 is 0 Å². The second-order valence-electron chi connectivity index (χ2n) is 6.11. The van der Waals surface area contributed by atoms with Gasteiger partial charge >= 0.3 is 0 Å². The average molecular weight is 342 g/mol. The number of anilines is 2. The van der Waals surface area contributed by atoms with Crippen LogP contribution in [0.3, 0.4) is 0 Å². The molecule has 134 valence electrons. The monoisotopic (exact) mass is 342 g/mol. The molecule has 5 heteroatoms. The maximum atomic E-state index is 12.1. The van der Waals surface area contributed by atoms with Gasteiger partial charge in [0, 0.05) is 23.8 Å². The third-order valence-electron chi connectivity index (χ3n) is 3.71. The number of methoxy groups -OCH3 is 2. The summed E-state index contributed by atoms with van der Waals surface area (Å²) in [5.74, 6) is 1.35. The van der Waals surface area contributed by atoms with Crippen LogP contribution < -0.4 is 20.1 Å². The van der Waals surface area contributed by atoms with Crippen molar-refractivity contribution in [1.82, 2.24) is 0 Å². The van der Waals surface area contributed by atoms with Crippen LogP contribution >= 0.6 is 0 Å². The molecule has 0 saturated carbocycles. The molecule has 0 heterocycles. The van der Waals surface area contributed by atoms with Gasteiger partial charge in [0.25, 0.3) is 0 Å². The van der Waals surface area contributed by atoms with Gasteiger partial charge in [-0.25, -0.2) is 0 Å². The third-order valence-corrected chi connectivity index (χ3v) is 3.71. The lowest BCUT2D eigenvalue weighted by molar-refractivity contribution is -0.116. The standard InChI is InChI=1S/C20H26N2O3/c1-14(2)21-16-7-9-17(10-8-16)22-20(23)12-6-15-5-11-18(24-3)19(13-15)25-4/h5,7-11,13-14,21H,6,12H2,1-4H3,(H,22,23). The molecule has 0 aliphatic carbocycles. The van der Waals surface area contributed by atoms with Crippen LogP contribution in [0.5, 0.6) is 11.5 Å². The highest BCUT2D eigenvalue weighted by Crippen LogP contribution is 2.28. The molecule has 2 aromatic carbocycles. The van der Waals surface area contributed by atoms with Crippen LogP contribution in [0.4, 0.5) is 11.4 Å². The molecule has 0 aliphatic heterocycles. The molecule has 0 unspecified atom stereocenters. The van der Waals surface area contributed by atoms with Crippen molar-refractivity contribution in [2.24, 2.45) is 0 Å². The van der Waals surface area contributed by atoms with E-state index in [2.05, 4.69) is 24.5 Å². The normalized spacial score (nSPS) is 10.4. The number of benzene rings is 2. The molecule has 1 amide bonds. The first-order chi connectivity index (χ1) is 12.0. The van der Waals surface area contributed by atoms with Crippen molar-refractivity contribution in [2.75, 3.05) is 24.9 Å². The molecule has 0 aliphatic rings. The van der Waals surface area contributed by atoms with Crippen molar-refractivity contribution in [2.45, 2.75) is 32.7 Å². The summed E-state index contributed by atoms with van der Waals surface area (Å²) < 4.78 is 10.5. The number of rotatable bonds is 8. The van der Waals surface area contributed by atoms with Crippen molar-refractivity contribution >= 4 is 17.3 Å². The lowest BCUT2D eigenvalue weighted by atomic mass is 10.1. The zero-order chi connectivity index (χ0) is 18.2. The second-order valence-corrected chi connectivity index (χ2v) is 6.11. The molecule has 2 N–H and O–H groups in total. The summed E-state index contributed by atoms with van der Waals surface area (Å²) in [4.78, 5) is 12.1. The summed E-state index contributed by atoms with van der Waals surface area (Å²) in [6.07, 6.45) is 1.04. The van der Waals surface area contributed by atoms with Gasteiger partial charge in [-0.15, -0.1) is 0 Å². The molecular formula is C20H26N2O3. The van der Waals surface area contributed by atoms with Crippen molar-refractivity contribution in [3.8, 4) is 11.5 Å². The SMILES string of the molecule is COc1ccc(CCC(=O)Nc2ccc(NC(C)C)cc2)cc1OC. The number of nitrogens with one attached hydrogen (secondary N) is 2. The van der Waals surface area contributed by atoms with Crippen LogP contribution in [0, 0.1) is 0 Å². The fraction of sp³-hybridized carbons (Fsp3) is 0.350. The van der Waals surface area contributed by atoms with Crippen molar-refractivity contribution in [1.29, 1.82) is 0 Å². The lowest BCUT2D eigenvalue weighted by Crippen LogP contribution is -2.13. The zero-order valence-corrected chi connectivity index (χ0v) is 15.3. The highest BCUT2D eigenvalue weighted by atomic mass is 16.5. The van der Waals surface area contributed by atoms with E-state index in [1.54, 1.807) is 14.2 Å². The van der Waals surface area contributed by atoms with Crippen LogP contribution in [-0.4, -0.2) is 26.2 Å². The van der Waals surface area contributed by atoms with Gasteiger partial charge in [0.1, 0.15) is 0 Å². The average Bonchev–Trinajstić information content (AvgIpc) is 2.61. The summed E-state index contributed by atoms with van der Waals surface area (Å²) >= 11 is 0. The molecule has 0 spiro atoms. The van der Waals surface area contributed by atoms with Crippen LogP contribution in [0.25, 0.3) is 0 Å². The van der Waals surface area contributed by atoms with Crippen LogP contribution in [0.15, 0.2) is 42.5 Å². The second kappa shape index (κ2) is 8.97. The summed E-state index contributed by atoms with van der Waals surface area (Å²) in [6.45, 7) is 4.17. The minimum Gasteiger partial charge on any atom is -0.493 e. The van der Waals surface area contributed by atoms with E-state index >= 15 is 0 Å². The Hall–Kier alpha value is -2.69. The molecule has 25 heavy (non-hydrogen) atoms. The first kappa shape index (κ1) is 18.6. The lowest BCUT2D eigenvalue weighted by Gasteiger charge is -2.11. The highest BCUT2D eigenvalue weighted by molar-refractivity contribution is 5.91. The fourth-order valence-corrected chi connectivity index (χ4v) is 2.50. The van der Waals surface area contributed by atoms with Crippen molar-refractivity contribution in [3.63, 3.8) is 0 Å². The molecule has 0 aromatic heterocycles. The number of hydrogen-bond donors (Lipinski definition) is 2. The fourth-order valence-electron chi connectivity index (χ4n) is 2.50. The highest BCUT2D eigenvalue weighted by Gasteiger charge is 2.07. The van der Waals surface area contributed by atoms with Crippen LogP contribution in [0.2, 0.25) is 0 Å². The molecule has 0 fully saturated rings. The minimum atomic E-state index is -0.0145. The van der Waals surface area contributed by atoms with Gasteiger partial charge in [0.15, 0.2) is 11.5 Å². The largest absolute Gasteiger partial charge is 0.493 e. The third kappa shape index (κ3) is 5.71. The maximum Gasteiger partial charge on any atom is 0.224 e. The van der Waals surface area contributed by atoms with Crippen LogP contribution in [0.1, 0.15) is 25.8 Å². The summed E-state index contributed by atoms with van der Waals surface area (Å²) in [6, 6.07) is 13.8.